The monoisotopic (exact) mass is 339 g/mol. The molecule has 1 aliphatic rings. The third-order valence-electron chi connectivity index (χ3n) is 4.87. The number of benzene rings is 1. The highest BCUT2D eigenvalue weighted by atomic mass is 16.3. The third kappa shape index (κ3) is 3.72. The van der Waals surface area contributed by atoms with Crippen molar-refractivity contribution in [3.63, 3.8) is 0 Å². The van der Waals surface area contributed by atoms with Crippen LogP contribution >= 0.6 is 0 Å². The van der Waals surface area contributed by atoms with Gasteiger partial charge < -0.3 is 15.3 Å². The average Bonchev–Trinajstić information content (AvgIpc) is 2.63. The van der Waals surface area contributed by atoms with Gasteiger partial charge in [0.15, 0.2) is 0 Å². The lowest BCUT2D eigenvalue weighted by Crippen LogP contribution is -2.68. The molecular formula is C20H25N3O2. The van der Waals surface area contributed by atoms with Gasteiger partial charge in [0, 0.05) is 24.4 Å². The Bertz CT molecular complexity index is 678. The normalized spacial score (nSPS) is 22.5. The molecule has 132 valence electrons. The minimum absolute atomic E-state index is 0.0211. The maximum absolute atomic E-state index is 12.9. The van der Waals surface area contributed by atoms with Crippen molar-refractivity contribution in [3.8, 4) is 0 Å². The van der Waals surface area contributed by atoms with E-state index in [0.29, 0.717) is 0 Å². The molecule has 0 unspecified atom stereocenters. The molecule has 1 fully saturated rings. The molecule has 1 amide bonds. The van der Waals surface area contributed by atoms with E-state index >= 15 is 0 Å². The van der Waals surface area contributed by atoms with Gasteiger partial charge in [0.1, 0.15) is 0 Å². The number of pyridine rings is 1. The SMILES string of the molecule is CCNC[C@@H]1[C@H](c2ccccc2)[C@@H](CO)N1C(=O)Cc1ccccn1. The molecule has 3 rings (SSSR count). The van der Waals surface area contributed by atoms with Crippen LogP contribution in [-0.2, 0) is 11.2 Å². The summed E-state index contributed by atoms with van der Waals surface area (Å²) in [6.45, 7) is 3.60. The van der Waals surface area contributed by atoms with Crippen LogP contribution in [0.5, 0.6) is 0 Å². The Morgan fingerprint density at radius 3 is 2.56 bits per heavy atom. The molecule has 0 aliphatic carbocycles. The Morgan fingerprint density at radius 1 is 1.16 bits per heavy atom. The first-order chi connectivity index (χ1) is 12.3. The van der Waals surface area contributed by atoms with Crippen molar-refractivity contribution >= 4 is 5.91 Å². The molecular weight excluding hydrogens is 314 g/mol. The standard InChI is InChI=1S/C20H25N3O2/c1-2-21-13-17-20(15-8-4-3-5-9-15)18(14-24)23(17)19(25)12-16-10-6-7-11-22-16/h3-11,17-18,20-21,24H,2,12-14H2,1H3/t17-,18-,20+/m1/s1. The molecule has 1 aliphatic heterocycles. The van der Waals surface area contributed by atoms with Gasteiger partial charge in [-0.05, 0) is 24.2 Å². The van der Waals surface area contributed by atoms with Gasteiger partial charge in [-0.1, -0.05) is 43.3 Å². The Kier molecular flexibility index (Phi) is 5.79. The van der Waals surface area contributed by atoms with Crippen molar-refractivity contribution in [2.24, 2.45) is 0 Å². The van der Waals surface area contributed by atoms with E-state index in [0.717, 1.165) is 18.8 Å². The number of likely N-dealkylation sites (tertiary alicyclic amines) is 1. The molecule has 2 N–H and O–H groups in total. The summed E-state index contributed by atoms with van der Waals surface area (Å²) in [6.07, 6.45) is 1.96. The Morgan fingerprint density at radius 2 is 1.92 bits per heavy atom. The molecule has 1 saturated heterocycles. The van der Waals surface area contributed by atoms with Gasteiger partial charge in [0.05, 0.1) is 25.1 Å². The van der Waals surface area contributed by atoms with Crippen LogP contribution in [-0.4, -0.2) is 52.7 Å². The number of hydrogen-bond acceptors (Lipinski definition) is 4. The Hall–Kier alpha value is -2.24. The summed E-state index contributed by atoms with van der Waals surface area (Å²) in [6, 6.07) is 15.6. The fourth-order valence-corrected chi connectivity index (χ4v) is 3.70. The van der Waals surface area contributed by atoms with E-state index in [1.807, 2.05) is 41.3 Å². The van der Waals surface area contributed by atoms with Crippen LogP contribution in [0.2, 0.25) is 0 Å². The predicted octanol–water partition coefficient (Wildman–Crippen LogP) is 1.59. The average molecular weight is 339 g/mol. The van der Waals surface area contributed by atoms with Crippen LogP contribution in [0.3, 0.4) is 0 Å². The zero-order chi connectivity index (χ0) is 17.6. The van der Waals surface area contributed by atoms with Gasteiger partial charge in [-0.2, -0.15) is 0 Å². The van der Waals surface area contributed by atoms with Crippen molar-refractivity contribution in [3.05, 3.63) is 66.0 Å². The van der Waals surface area contributed by atoms with E-state index in [4.69, 9.17) is 0 Å². The molecule has 0 radical (unpaired) electrons. The molecule has 1 aromatic carbocycles. The second-order valence-corrected chi connectivity index (χ2v) is 6.36. The largest absolute Gasteiger partial charge is 0.394 e. The second-order valence-electron chi connectivity index (χ2n) is 6.36. The molecule has 25 heavy (non-hydrogen) atoms. The Labute approximate surface area is 148 Å². The molecule has 1 aromatic heterocycles. The van der Waals surface area contributed by atoms with Crippen LogP contribution in [0.15, 0.2) is 54.7 Å². The smallest absolute Gasteiger partial charge is 0.229 e. The summed E-state index contributed by atoms with van der Waals surface area (Å²) in [5.41, 5.74) is 1.93. The zero-order valence-corrected chi connectivity index (χ0v) is 14.5. The van der Waals surface area contributed by atoms with Crippen LogP contribution in [0.4, 0.5) is 0 Å². The minimum atomic E-state index is -0.178. The summed E-state index contributed by atoms with van der Waals surface area (Å²) in [4.78, 5) is 19.0. The molecule has 0 spiro atoms. The Balaban J connectivity index is 1.80. The molecule has 2 heterocycles. The van der Waals surface area contributed by atoms with Gasteiger partial charge in [-0.3, -0.25) is 9.78 Å². The molecule has 3 atom stereocenters. The third-order valence-corrected chi connectivity index (χ3v) is 4.87. The quantitative estimate of drug-likeness (QED) is 0.804. The van der Waals surface area contributed by atoms with Gasteiger partial charge >= 0.3 is 0 Å². The maximum Gasteiger partial charge on any atom is 0.229 e. The first-order valence-electron chi connectivity index (χ1n) is 8.83. The first-order valence-corrected chi connectivity index (χ1v) is 8.83. The van der Waals surface area contributed by atoms with Crippen molar-refractivity contribution in [2.45, 2.75) is 31.3 Å². The van der Waals surface area contributed by atoms with Gasteiger partial charge in [-0.15, -0.1) is 0 Å². The number of amides is 1. The number of aromatic nitrogens is 1. The lowest BCUT2D eigenvalue weighted by Gasteiger charge is -2.55. The van der Waals surface area contributed by atoms with Crippen molar-refractivity contribution in [1.29, 1.82) is 0 Å². The van der Waals surface area contributed by atoms with Crippen LogP contribution < -0.4 is 5.32 Å². The first kappa shape index (κ1) is 17.6. The number of rotatable bonds is 7. The molecule has 5 heteroatoms. The number of carbonyl (C=O) groups is 1. The minimum Gasteiger partial charge on any atom is -0.394 e. The fraction of sp³-hybridized carbons (Fsp3) is 0.400. The summed E-state index contributed by atoms with van der Waals surface area (Å²) < 4.78 is 0. The van der Waals surface area contributed by atoms with E-state index in [1.165, 1.54) is 5.56 Å². The van der Waals surface area contributed by atoms with E-state index in [9.17, 15) is 9.90 Å². The highest BCUT2D eigenvalue weighted by Gasteiger charge is 2.50. The van der Waals surface area contributed by atoms with E-state index < -0.39 is 0 Å². The van der Waals surface area contributed by atoms with Crippen molar-refractivity contribution < 1.29 is 9.90 Å². The highest BCUT2D eigenvalue weighted by Crippen LogP contribution is 2.40. The second kappa shape index (κ2) is 8.23. The van der Waals surface area contributed by atoms with Gasteiger partial charge in [0.25, 0.3) is 0 Å². The molecule has 5 nitrogen and oxygen atoms in total. The highest BCUT2D eigenvalue weighted by molar-refractivity contribution is 5.80. The summed E-state index contributed by atoms with van der Waals surface area (Å²) in [5, 5.41) is 13.3. The number of nitrogens with zero attached hydrogens (tertiary/aromatic N) is 2. The lowest BCUT2D eigenvalue weighted by atomic mass is 9.74. The van der Waals surface area contributed by atoms with Crippen LogP contribution in [0, 0.1) is 0 Å². The van der Waals surface area contributed by atoms with Gasteiger partial charge in [-0.25, -0.2) is 0 Å². The van der Waals surface area contributed by atoms with Crippen molar-refractivity contribution in [2.75, 3.05) is 19.7 Å². The topological polar surface area (TPSA) is 65.5 Å². The number of carbonyl (C=O) groups excluding carboxylic acids is 1. The van der Waals surface area contributed by atoms with Crippen LogP contribution in [0.25, 0.3) is 0 Å². The van der Waals surface area contributed by atoms with E-state index in [2.05, 4.69) is 29.4 Å². The maximum atomic E-state index is 12.9. The lowest BCUT2D eigenvalue weighted by molar-refractivity contribution is -0.149. The van der Waals surface area contributed by atoms with E-state index in [1.54, 1.807) is 6.20 Å². The molecule has 0 bridgehead atoms. The zero-order valence-electron chi connectivity index (χ0n) is 14.5. The number of nitrogens with one attached hydrogen (secondary N) is 1. The summed E-state index contributed by atoms with van der Waals surface area (Å²) in [7, 11) is 0. The summed E-state index contributed by atoms with van der Waals surface area (Å²) >= 11 is 0. The summed E-state index contributed by atoms with van der Waals surface area (Å²) in [5.74, 6) is 0.172. The molecule has 0 saturated carbocycles. The fourth-order valence-electron chi connectivity index (χ4n) is 3.70. The number of hydrogen-bond donors (Lipinski definition) is 2. The van der Waals surface area contributed by atoms with Crippen LogP contribution in [0.1, 0.15) is 24.1 Å². The van der Waals surface area contributed by atoms with E-state index in [-0.39, 0.29) is 36.9 Å². The number of aliphatic hydroxyl groups excluding tert-OH is 1. The van der Waals surface area contributed by atoms with Gasteiger partial charge in [0.2, 0.25) is 5.91 Å². The van der Waals surface area contributed by atoms with Crippen molar-refractivity contribution in [1.82, 2.24) is 15.2 Å². The number of likely N-dealkylation sites (N-methyl/N-ethyl adjacent to an activating group) is 1. The number of aliphatic hydroxyl groups is 1. The molecule has 2 aromatic rings. The predicted molar refractivity (Wildman–Crippen MR) is 97.2 cm³/mol.